The molecule has 10 heteroatoms. The predicted molar refractivity (Wildman–Crippen MR) is 72.3 cm³/mol. The molecular weight excluding hydrogens is 322 g/mol. The predicted octanol–water partition coefficient (Wildman–Crippen LogP) is 0.176. The molecule has 0 bridgehead atoms. The molecule has 1 N–H and O–H groups in total. The highest BCUT2D eigenvalue weighted by Crippen LogP contribution is 2.25. The lowest BCUT2D eigenvalue weighted by molar-refractivity contribution is 0.0656. The molecule has 0 radical (unpaired) electrons. The van der Waals surface area contributed by atoms with Crippen LogP contribution in [0.2, 0.25) is 0 Å². The van der Waals surface area contributed by atoms with E-state index >= 15 is 0 Å². The van der Waals surface area contributed by atoms with E-state index in [9.17, 15) is 21.6 Å². The van der Waals surface area contributed by atoms with Crippen molar-refractivity contribution in [1.29, 1.82) is 0 Å². The van der Waals surface area contributed by atoms with Gasteiger partial charge >= 0.3 is 5.97 Å². The van der Waals surface area contributed by atoms with E-state index in [1.54, 1.807) is 6.92 Å². The van der Waals surface area contributed by atoms with Gasteiger partial charge in [0.1, 0.15) is 0 Å². The fourth-order valence-electron chi connectivity index (χ4n) is 2.32. The summed E-state index contributed by atoms with van der Waals surface area (Å²) in [6.45, 7) is 1.66. The molecule has 1 aromatic heterocycles. The molecule has 0 spiro atoms. The lowest BCUT2D eigenvalue weighted by atomic mass is 10.3. The molecule has 1 aromatic rings. The van der Waals surface area contributed by atoms with Crippen LogP contribution in [-0.4, -0.2) is 56.3 Å². The first-order valence-electron chi connectivity index (χ1n) is 6.23. The third kappa shape index (κ3) is 3.11. The van der Waals surface area contributed by atoms with Crippen molar-refractivity contribution in [3.05, 3.63) is 17.9 Å². The monoisotopic (exact) mass is 337 g/mol. The SMILES string of the molecule is CCN(C1CCS(=O)(=O)C1)S(=O)(=O)c1ccc(C(=O)O)o1. The number of furan rings is 1. The van der Waals surface area contributed by atoms with Crippen LogP contribution in [0.3, 0.4) is 0 Å². The average molecular weight is 337 g/mol. The normalized spacial score (nSPS) is 21.7. The number of carboxylic acids is 1. The average Bonchev–Trinajstić information content (AvgIpc) is 2.97. The Hall–Kier alpha value is -1.39. The second kappa shape index (κ2) is 5.43. The van der Waals surface area contributed by atoms with Crippen molar-refractivity contribution in [3.8, 4) is 0 Å². The number of nitrogens with zero attached hydrogens (tertiary/aromatic N) is 1. The number of carboxylic acid groups (broad SMARTS) is 1. The molecule has 0 aromatic carbocycles. The summed E-state index contributed by atoms with van der Waals surface area (Å²) < 4.78 is 53.7. The highest BCUT2D eigenvalue weighted by Gasteiger charge is 2.39. The maximum absolute atomic E-state index is 12.4. The summed E-state index contributed by atoms with van der Waals surface area (Å²) in [5.41, 5.74) is 0. The van der Waals surface area contributed by atoms with E-state index in [2.05, 4.69) is 0 Å². The van der Waals surface area contributed by atoms with E-state index in [1.165, 1.54) is 0 Å². The maximum atomic E-state index is 12.4. The topological polar surface area (TPSA) is 122 Å². The molecular formula is C11H15NO7S2. The molecule has 1 saturated heterocycles. The van der Waals surface area contributed by atoms with Gasteiger partial charge in [0.2, 0.25) is 10.9 Å². The summed E-state index contributed by atoms with van der Waals surface area (Å²) in [4.78, 5) is 10.7. The fraction of sp³-hybridized carbons (Fsp3) is 0.545. The second-order valence-corrected chi connectivity index (χ2v) is 8.74. The van der Waals surface area contributed by atoms with Crippen LogP contribution in [0.1, 0.15) is 23.9 Å². The van der Waals surface area contributed by atoms with Crippen molar-refractivity contribution < 1.29 is 31.2 Å². The number of carbonyl (C=O) groups is 1. The summed E-state index contributed by atoms with van der Waals surface area (Å²) in [5.74, 6) is -2.14. The maximum Gasteiger partial charge on any atom is 0.371 e. The van der Waals surface area contributed by atoms with Crippen LogP contribution in [0.25, 0.3) is 0 Å². The minimum atomic E-state index is -4.06. The molecule has 21 heavy (non-hydrogen) atoms. The lowest BCUT2D eigenvalue weighted by Gasteiger charge is -2.24. The van der Waals surface area contributed by atoms with E-state index in [1.807, 2.05) is 0 Å². The largest absolute Gasteiger partial charge is 0.475 e. The molecule has 2 heterocycles. The van der Waals surface area contributed by atoms with Crippen molar-refractivity contribution in [2.75, 3.05) is 18.1 Å². The van der Waals surface area contributed by atoms with Crippen molar-refractivity contribution in [1.82, 2.24) is 4.31 Å². The van der Waals surface area contributed by atoms with Crippen LogP contribution in [0, 0.1) is 0 Å². The summed E-state index contributed by atoms with van der Waals surface area (Å²) in [6.07, 6.45) is 0.224. The van der Waals surface area contributed by atoms with Crippen LogP contribution < -0.4 is 0 Å². The minimum Gasteiger partial charge on any atom is -0.475 e. The Kier molecular flexibility index (Phi) is 4.13. The van der Waals surface area contributed by atoms with Gasteiger partial charge in [-0.25, -0.2) is 21.6 Å². The molecule has 1 unspecified atom stereocenters. The zero-order valence-electron chi connectivity index (χ0n) is 11.2. The third-order valence-corrected chi connectivity index (χ3v) is 6.93. The summed E-state index contributed by atoms with van der Waals surface area (Å²) in [6, 6.07) is 1.46. The van der Waals surface area contributed by atoms with Gasteiger partial charge in [-0.05, 0) is 18.6 Å². The van der Waals surface area contributed by atoms with Crippen molar-refractivity contribution >= 4 is 25.8 Å². The van der Waals surface area contributed by atoms with Crippen LogP contribution in [0.4, 0.5) is 0 Å². The zero-order valence-corrected chi connectivity index (χ0v) is 12.9. The summed E-state index contributed by atoms with van der Waals surface area (Å²) >= 11 is 0. The van der Waals surface area contributed by atoms with Crippen molar-refractivity contribution in [2.24, 2.45) is 0 Å². The molecule has 8 nitrogen and oxygen atoms in total. The van der Waals surface area contributed by atoms with E-state index in [0.717, 1.165) is 16.4 Å². The van der Waals surface area contributed by atoms with Crippen molar-refractivity contribution in [3.63, 3.8) is 0 Å². The minimum absolute atomic E-state index is 0.0534. The zero-order chi connectivity index (χ0) is 15.8. The Balaban J connectivity index is 2.33. The first-order valence-corrected chi connectivity index (χ1v) is 9.49. The molecule has 0 amide bonds. The van der Waals surface area contributed by atoms with Gasteiger partial charge in [-0.15, -0.1) is 0 Å². The van der Waals surface area contributed by atoms with E-state index in [4.69, 9.17) is 9.52 Å². The standard InChI is InChI=1S/C11H15NO7S2/c1-2-12(8-5-6-20(15,16)7-8)21(17,18)10-4-3-9(19-10)11(13)14/h3-4,8H,2,5-7H2,1H3,(H,13,14). The first kappa shape index (κ1) is 16.0. The van der Waals surface area contributed by atoms with Gasteiger partial charge in [-0.1, -0.05) is 6.92 Å². The van der Waals surface area contributed by atoms with Gasteiger partial charge in [0, 0.05) is 12.6 Å². The third-order valence-electron chi connectivity index (χ3n) is 3.28. The number of aromatic carboxylic acids is 1. The number of hydrogen-bond acceptors (Lipinski definition) is 6. The second-order valence-electron chi connectivity index (χ2n) is 4.69. The van der Waals surface area contributed by atoms with Crippen LogP contribution in [0.5, 0.6) is 0 Å². The smallest absolute Gasteiger partial charge is 0.371 e. The Labute approximate surface area is 122 Å². The van der Waals surface area contributed by atoms with Crippen molar-refractivity contribution in [2.45, 2.75) is 24.5 Å². The van der Waals surface area contributed by atoms with Crippen LogP contribution in [0.15, 0.2) is 21.6 Å². The first-order chi connectivity index (χ1) is 9.67. The van der Waals surface area contributed by atoms with Crippen LogP contribution >= 0.6 is 0 Å². The lowest BCUT2D eigenvalue weighted by Crippen LogP contribution is -2.40. The van der Waals surface area contributed by atoms with Gasteiger partial charge < -0.3 is 9.52 Å². The molecule has 1 aliphatic heterocycles. The Bertz CT molecular complexity index is 747. The van der Waals surface area contributed by atoms with Gasteiger partial charge in [0.25, 0.3) is 10.0 Å². The number of rotatable bonds is 5. The van der Waals surface area contributed by atoms with E-state index in [-0.39, 0.29) is 24.5 Å². The highest BCUT2D eigenvalue weighted by molar-refractivity contribution is 7.92. The number of sulfone groups is 1. The van der Waals surface area contributed by atoms with Crippen LogP contribution in [-0.2, 0) is 19.9 Å². The van der Waals surface area contributed by atoms with E-state index in [0.29, 0.717) is 0 Å². The molecule has 1 aliphatic rings. The molecule has 2 rings (SSSR count). The quantitative estimate of drug-likeness (QED) is 0.813. The Morgan fingerprint density at radius 2 is 2.14 bits per heavy atom. The van der Waals surface area contributed by atoms with Gasteiger partial charge in [-0.3, -0.25) is 0 Å². The molecule has 1 fully saturated rings. The molecule has 0 saturated carbocycles. The number of sulfonamides is 1. The van der Waals surface area contributed by atoms with Gasteiger partial charge in [0.15, 0.2) is 9.84 Å². The molecule has 0 aliphatic carbocycles. The fourth-order valence-corrected chi connectivity index (χ4v) is 5.72. The Morgan fingerprint density at radius 1 is 1.48 bits per heavy atom. The Morgan fingerprint density at radius 3 is 2.57 bits per heavy atom. The summed E-state index contributed by atoms with van der Waals surface area (Å²) in [7, 11) is -7.29. The summed E-state index contributed by atoms with van der Waals surface area (Å²) in [5, 5.41) is 8.26. The number of hydrogen-bond donors (Lipinski definition) is 1. The van der Waals surface area contributed by atoms with Gasteiger partial charge in [0.05, 0.1) is 11.5 Å². The van der Waals surface area contributed by atoms with E-state index < -0.39 is 42.7 Å². The highest BCUT2D eigenvalue weighted by atomic mass is 32.2. The molecule has 1 atom stereocenters. The van der Waals surface area contributed by atoms with Gasteiger partial charge in [-0.2, -0.15) is 4.31 Å². The molecule has 118 valence electrons.